The number of halogens is 3. The maximum absolute atomic E-state index is 15.9. The van der Waals surface area contributed by atoms with Gasteiger partial charge in [-0.05, 0) is 128 Å². The van der Waals surface area contributed by atoms with Crippen molar-refractivity contribution in [1.82, 2.24) is 0 Å². The Bertz CT molecular complexity index is 1210. The minimum atomic E-state index is -0.821. The van der Waals surface area contributed by atoms with Gasteiger partial charge < -0.3 is 0 Å². The predicted molar refractivity (Wildman–Crippen MR) is 169 cm³/mol. The highest BCUT2D eigenvalue weighted by atomic mass is 19.2. The van der Waals surface area contributed by atoms with Gasteiger partial charge in [0.1, 0.15) is 5.82 Å². The molecule has 3 heteroatoms. The molecule has 0 aromatic heterocycles. The van der Waals surface area contributed by atoms with Crippen molar-refractivity contribution in [2.24, 2.45) is 23.7 Å². The second-order valence-corrected chi connectivity index (χ2v) is 14.7. The summed E-state index contributed by atoms with van der Waals surface area (Å²) >= 11 is 0. The lowest BCUT2D eigenvalue weighted by Gasteiger charge is -2.38. The Morgan fingerprint density at radius 3 is 1.69 bits per heavy atom. The highest BCUT2D eigenvalue weighted by Crippen LogP contribution is 2.55. The van der Waals surface area contributed by atoms with Crippen molar-refractivity contribution in [3.8, 4) is 22.3 Å². The number of benzene rings is 2. The summed E-state index contributed by atoms with van der Waals surface area (Å²) in [6.45, 7) is 4.51. The monoisotopic (exact) mass is 578 g/mol. The van der Waals surface area contributed by atoms with Crippen LogP contribution in [0.3, 0.4) is 0 Å². The first kappa shape index (κ1) is 30.3. The van der Waals surface area contributed by atoms with Crippen LogP contribution in [-0.4, -0.2) is 0 Å². The van der Waals surface area contributed by atoms with Crippen molar-refractivity contribution in [2.45, 2.75) is 148 Å². The zero-order valence-corrected chi connectivity index (χ0v) is 26.3. The quantitative estimate of drug-likeness (QED) is 0.210. The van der Waals surface area contributed by atoms with Gasteiger partial charge in [0.05, 0.1) is 0 Å². The van der Waals surface area contributed by atoms with Gasteiger partial charge in [0, 0.05) is 11.1 Å². The third-order valence-electron chi connectivity index (χ3n) is 12.2. The molecule has 0 bridgehead atoms. The van der Waals surface area contributed by atoms with Gasteiger partial charge in [0.15, 0.2) is 11.6 Å². The second-order valence-electron chi connectivity index (χ2n) is 14.7. The van der Waals surface area contributed by atoms with Crippen molar-refractivity contribution < 1.29 is 13.2 Å². The number of hydrogen-bond donors (Lipinski definition) is 0. The Labute approximate surface area is 253 Å². The van der Waals surface area contributed by atoms with Crippen LogP contribution in [-0.2, 0) is 0 Å². The van der Waals surface area contributed by atoms with E-state index >= 15 is 13.2 Å². The predicted octanol–water partition coefficient (Wildman–Crippen LogP) is 12.9. The molecule has 4 aliphatic carbocycles. The molecule has 2 aromatic carbocycles. The van der Waals surface area contributed by atoms with Crippen molar-refractivity contribution in [1.29, 1.82) is 0 Å². The zero-order valence-electron chi connectivity index (χ0n) is 26.3. The van der Waals surface area contributed by atoms with E-state index in [-0.39, 0.29) is 23.2 Å². The normalized spacial score (nSPS) is 29.1. The number of unbranched alkanes of at least 4 members (excludes halogenated alkanes) is 3. The summed E-state index contributed by atoms with van der Waals surface area (Å²) in [5.41, 5.74) is 3.25. The molecule has 0 saturated heterocycles. The first-order valence-electron chi connectivity index (χ1n) is 17.8. The third kappa shape index (κ3) is 5.97. The van der Waals surface area contributed by atoms with E-state index in [0.717, 1.165) is 86.2 Å². The number of fused-ring (bicyclic) bond motifs is 4. The van der Waals surface area contributed by atoms with Crippen molar-refractivity contribution in [2.75, 3.05) is 0 Å². The summed E-state index contributed by atoms with van der Waals surface area (Å²) in [6.07, 6.45) is 23.2. The molecule has 0 amide bonds. The highest BCUT2D eigenvalue weighted by Gasteiger charge is 2.38. The van der Waals surface area contributed by atoms with E-state index in [9.17, 15) is 0 Å². The first-order chi connectivity index (χ1) is 20.5. The Hall–Kier alpha value is -1.77. The van der Waals surface area contributed by atoms with E-state index in [1.54, 1.807) is 0 Å². The van der Waals surface area contributed by atoms with Crippen LogP contribution in [0.5, 0.6) is 0 Å². The van der Waals surface area contributed by atoms with Crippen molar-refractivity contribution >= 4 is 0 Å². The van der Waals surface area contributed by atoms with E-state index < -0.39 is 11.6 Å². The molecule has 6 rings (SSSR count). The second kappa shape index (κ2) is 13.5. The largest absolute Gasteiger partial charge is 0.206 e. The molecular formula is C39H53F3. The highest BCUT2D eigenvalue weighted by molar-refractivity contribution is 6.03. The maximum atomic E-state index is 15.9. The Kier molecular flexibility index (Phi) is 9.71. The van der Waals surface area contributed by atoms with Crippen LogP contribution in [0.25, 0.3) is 22.3 Å². The fourth-order valence-electron chi connectivity index (χ4n) is 9.50. The SMILES string of the molecule is CCCCCC1CCC(C2CCC(c3cc4c(c(F)c3F)-c3c-4ccc(C4CCC(CCCC)CC4)c3F)CC2)CC1. The Morgan fingerprint density at radius 1 is 0.524 bits per heavy atom. The topological polar surface area (TPSA) is 0 Å². The van der Waals surface area contributed by atoms with Gasteiger partial charge in [-0.15, -0.1) is 0 Å². The van der Waals surface area contributed by atoms with Gasteiger partial charge in [0.25, 0.3) is 0 Å². The molecule has 0 heterocycles. The van der Waals surface area contributed by atoms with Crippen molar-refractivity contribution in [3.05, 3.63) is 46.8 Å². The summed E-state index contributed by atoms with van der Waals surface area (Å²) < 4.78 is 47.1. The molecule has 0 atom stereocenters. The molecule has 0 nitrogen and oxygen atoms in total. The Morgan fingerprint density at radius 2 is 1.05 bits per heavy atom. The molecule has 0 radical (unpaired) electrons. The number of rotatable bonds is 10. The van der Waals surface area contributed by atoms with Crippen LogP contribution >= 0.6 is 0 Å². The van der Waals surface area contributed by atoms with Crippen LogP contribution in [0.4, 0.5) is 13.2 Å². The minimum absolute atomic E-state index is 0.0718. The van der Waals surface area contributed by atoms with Crippen molar-refractivity contribution in [3.63, 3.8) is 0 Å². The van der Waals surface area contributed by atoms with E-state index in [4.69, 9.17) is 0 Å². The first-order valence-corrected chi connectivity index (χ1v) is 17.8. The van der Waals surface area contributed by atoms with Gasteiger partial charge in [-0.1, -0.05) is 83.8 Å². The molecule has 3 saturated carbocycles. The lowest BCUT2D eigenvalue weighted by molar-refractivity contribution is 0.155. The lowest BCUT2D eigenvalue weighted by atomic mass is 9.67. The molecule has 0 aliphatic heterocycles. The molecule has 42 heavy (non-hydrogen) atoms. The van der Waals surface area contributed by atoms with Crippen LogP contribution < -0.4 is 0 Å². The van der Waals surface area contributed by atoms with Gasteiger partial charge in [-0.2, -0.15) is 0 Å². The van der Waals surface area contributed by atoms with Gasteiger partial charge in [0.2, 0.25) is 0 Å². The molecule has 230 valence electrons. The van der Waals surface area contributed by atoms with Crippen LogP contribution in [0.2, 0.25) is 0 Å². The molecule has 4 aliphatic rings. The summed E-state index contributed by atoms with van der Waals surface area (Å²) in [7, 11) is 0. The third-order valence-corrected chi connectivity index (χ3v) is 12.2. The molecule has 2 aromatic rings. The van der Waals surface area contributed by atoms with Crippen LogP contribution in [0.15, 0.2) is 18.2 Å². The van der Waals surface area contributed by atoms with Gasteiger partial charge in [-0.3, -0.25) is 0 Å². The van der Waals surface area contributed by atoms with E-state index in [1.165, 1.54) is 70.6 Å². The molecule has 0 N–H and O–H groups in total. The molecule has 0 spiro atoms. The summed E-state index contributed by atoms with van der Waals surface area (Å²) in [5, 5.41) is 0. The van der Waals surface area contributed by atoms with Gasteiger partial charge in [-0.25, -0.2) is 13.2 Å². The average Bonchev–Trinajstić information content (AvgIpc) is 3.01. The lowest BCUT2D eigenvalue weighted by Crippen LogP contribution is -2.26. The van der Waals surface area contributed by atoms with E-state index in [0.29, 0.717) is 16.7 Å². The van der Waals surface area contributed by atoms with Crippen LogP contribution in [0, 0.1) is 41.1 Å². The van der Waals surface area contributed by atoms with E-state index in [1.807, 2.05) is 18.2 Å². The minimum Gasteiger partial charge on any atom is -0.206 e. The fourth-order valence-corrected chi connectivity index (χ4v) is 9.50. The van der Waals surface area contributed by atoms with Crippen LogP contribution in [0.1, 0.15) is 159 Å². The number of hydrogen-bond acceptors (Lipinski definition) is 0. The fraction of sp³-hybridized carbons (Fsp3) is 0.692. The molecular weight excluding hydrogens is 525 g/mol. The summed E-state index contributed by atoms with van der Waals surface area (Å²) in [6, 6.07) is 5.80. The maximum Gasteiger partial charge on any atom is 0.167 e. The standard InChI is InChI=1S/C39H53F3/c1-3-5-7-9-26-10-14-27(15-11-26)28-18-20-30(21-19-28)33-24-34-32-23-22-31(29-16-12-25(13-17-29)8-6-4-2)37(40)35(32)36(34)39(42)38(33)41/h22-30H,3-21H2,1-2H3. The molecule has 0 unspecified atom stereocenters. The zero-order chi connectivity index (χ0) is 29.2. The molecule has 3 fully saturated rings. The summed E-state index contributed by atoms with van der Waals surface area (Å²) in [5.74, 6) is 1.66. The average molecular weight is 579 g/mol. The van der Waals surface area contributed by atoms with E-state index in [2.05, 4.69) is 13.8 Å². The smallest absolute Gasteiger partial charge is 0.167 e. The Balaban J connectivity index is 1.09. The summed E-state index contributed by atoms with van der Waals surface area (Å²) in [4.78, 5) is 0. The van der Waals surface area contributed by atoms with Gasteiger partial charge >= 0.3 is 0 Å².